The van der Waals surface area contributed by atoms with Crippen LogP contribution in [-0.2, 0) is 42.7 Å². The van der Waals surface area contributed by atoms with Crippen molar-refractivity contribution >= 4 is 5.97 Å². The van der Waals surface area contributed by atoms with Crippen molar-refractivity contribution in [2.75, 3.05) is 13.2 Å². The third kappa shape index (κ3) is 7.34. The number of esters is 1. The Kier molecular flexibility index (Phi) is 11.9. The number of carbonyl (C=O) groups excluding carboxylic acids is 1. The molecule has 4 fully saturated rings. The van der Waals surface area contributed by atoms with Crippen LogP contribution in [0.1, 0.15) is 20.8 Å². The molecule has 4 aliphatic heterocycles. The van der Waals surface area contributed by atoms with E-state index in [1.54, 1.807) is 0 Å². The summed E-state index contributed by atoms with van der Waals surface area (Å²) in [5.41, 5.74) is 0. The van der Waals surface area contributed by atoms with E-state index in [2.05, 4.69) is 0 Å². The molecule has 19 atom stereocenters. The largest absolute Gasteiger partial charge is 0.457 e. The van der Waals surface area contributed by atoms with Crippen molar-refractivity contribution in [2.24, 2.45) is 0 Å². The smallest absolute Gasteiger partial charge is 0.303 e. The fraction of sp³-hybridized carbons (Fsp3) is 0.960. The quantitative estimate of drug-likeness (QED) is 0.110. The summed E-state index contributed by atoms with van der Waals surface area (Å²) in [7, 11) is 0. The lowest BCUT2D eigenvalue weighted by Gasteiger charge is -2.47. The Morgan fingerprint density at radius 3 is 1.84 bits per heavy atom. The molecule has 19 heteroatoms. The first kappa shape index (κ1) is 35.6. The van der Waals surface area contributed by atoms with Crippen molar-refractivity contribution in [1.29, 1.82) is 0 Å². The van der Waals surface area contributed by atoms with Gasteiger partial charge in [-0.05, 0) is 13.8 Å². The van der Waals surface area contributed by atoms with Gasteiger partial charge >= 0.3 is 5.97 Å². The molecule has 19 nitrogen and oxygen atoms in total. The molecule has 256 valence electrons. The highest BCUT2D eigenvalue weighted by Crippen LogP contribution is 2.33. The van der Waals surface area contributed by atoms with Gasteiger partial charge in [0.2, 0.25) is 0 Å². The van der Waals surface area contributed by atoms with Crippen LogP contribution in [0.2, 0.25) is 0 Å². The Hall–Kier alpha value is -1.21. The van der Waals surface area contributed by atoms with Gasteiger partial charge in [-0.3, -0.25) is 4.79 Å². The fourth-order valence-electron chi connectivity index (χ4n) is 5.49. The van der Waals surface area contributed by atoms with Crippen molar-refractivity contribution in [3.8, 4) is 0 Å². The molecule has 0 bridgehead atoms. The lowest BCUT2D eigenvalue weighted by molar-refractivity contribution is -0.377. The van der Waals surface area contributed by atoms with Crippen LogP contribution >= 0.6 is 0 Å². The highest BCUT2D eigenvalue weighted by atomic mass is 16.8. The second-order valence-electron chi connectivity index (χ2n) is 11.2. The summed E-state index contributed by atoms with van der Waals surface area (Å²) in [5.74, 6) is -0.721. The molecule has 0 aromatic heterocycles. The van der Waals surface area contributed by atoms with Crippen LogP contribution < -0.4 is 0 Å². The molecule has 4 heterocycles. The molecular formula is C25H42O19. The normalized spacial score (nSPS) is 52.0. The first-order chi connectivity index (χ1) is 20.7. The van der Waals surface area contributed by atoms with Crippen LogP contribution in [0.15, 0.2) is 0 Å². The van der Waals surface area contributed by atoms with E-state index < -0.39 is 136 Å². The number of aliphatic hydroxyl groups is 10. The third-order valence-corrected chi connectivity index (χ3v) is 8.02. The Bertz CT molecular complexity index is 941. The number of ether oxygens (including phenoxy) is 8. The average molecular weight is 647 g/mol. The zero-order valence-corrected chi connectivity index (χ0v) is 24.0. The molecule has 0 amide bonds. The van der Waals surface area contributed by atoms with Gasteiger partial charge in [-0.1, -0.05) is 0 Å². The van der Waals surface area contributed by atoms with Crippen LogP contribution in [0.25, 0.3) is 0 Å². The number of aliphatic hydroxyl groups excluding tert-OH is 10. The molecule has 0 aromatic rings. The average Bonchev–Trinajstić information content (AvgIpc) is 2.97. The third-order valence-electron chi connectivity index (χ3n) is 8.02. The summed E-state index contributed by atoms with van der Waals surface area (Å²) in [4.78, 5) is 11.4. The summed E-state index contributed by atoms with van der Waals surface area (Å²) in [6.07, 6.45) is -29.1. The molecule has 4 saturated heterocycles. The van der Waals surface area contributed by atoms with Gasteiger partial charge in [0.15, 0.2) is 31.3 Å². The fourth-order valence-corrected chi connectivity index (χ4v) is 5.49. The maximum atomic E-state index is 11.4. The van der Waals surface area contributed by atoms with Crippen molar-refractivity contribution in [3.05, 3.63) is 0 Å². The van der Waals surface area contributed by atoms with Crippen LogP contribution in [0.3, 0.4) is 0 Å². The van der Waals surface area contributed by atoms with Gasteiger partial charge in [0, 0.05) is 6.92 Å². The Labute approximate surface area is 250 Å². The van der Waals surface area contributed by atoms with Crippen LogP contribution in [-0.4, -0.2) is 187 Å². The topological polar surface area (TPSA) is 293 Å². The Balaban J connectivity index is 1.34. The van der Waals surface area contributed by atoms with Crippen LogP contribution in [0.4, 0.5) is 0 Å². The van der Waals surface area contributed by atoms with E-state index >= 15 is 0 Å². The Morgan fingerprint density at radius 1 is 0.636 bits per heavy atom. The van der Waals surface area contributed by atoms with E-state index in [0.717, 1.165) is 6.92 Å². The molecule has 0 aromatic carbocycles. The highest BCUT2D eigenvalue weighted by Gasteiger charge is 2.53. The minimum absolute atomic E-state index is 0.455. The molecule has 0 radical (unpaired) electrons. The second-order valence-corrected chi connectivity index (χ2v) is 11.2. The summed E-state index contributed by atoms with van der Waals surface area (Å²) < 4.78 is 43.3. The van der Waals surface area contributed by atoms with Gasteiger partial charge in [-0.25, -0.2) is 0 Å². The zero-order chi connectivity index (χ0) is 32.6. The molecule has 4 aliphatic rings. The van der Waals surface area contributed by atoms with Crippen LogP contribution in [0, 0.1) is 0 Å². The zero-order valence-electron chi connectivity index (χ0n) is 24.0. The minimum atomic E-state index is -1.84. The predicted molar refractivity (Wildman–Crippen MR) is 135 cm³/mol. The molecular weight excluding hydrogens is 604 g/mol. The second kappa shape index (κ2) is 14.7. The summed E-state index contributed by atoms with van der Waals surface area (Å²) in [6.45, 7) is 2.83. The number of hydrogen-bond acceptors (Lipinski definition) is 19. The number of rotatable bonds is 8. The van der Waals surface area contributed by atoms with Gasteiger partial charge in [0.05, 0.1) is 25.4 Å². The van der Waals surface area contributed by atoms with E-state index in [0.29, 0.717) is 0 Å². The number of carbonyl (C=O) groups is 1. The molecule has 0 saturated carbocycles. The first-order valence-corrected chi connectivity index (χ1v) is 14.1. The molecule has 4 rings (SSSR count). The molecule has 0 unspecified atom stereocenters. The minimum Gasteiger partial charge on any atom is -0.457 e. The van der Waals surface area contributed by atoms with Gasteiger partial charge in [-0.15, -0.1) is 0 Å². The van der Waals surface area contributed by atoms with E-state index in [1.165, 1.54) is 13.8 Å². The summed E-state index contributed by atoms with van der Waals surface area (Å²) >= 11 is 0. The van der Waals surface area contributed by atoms with E-state index in [9.17, 15) is 55.9 Å². The summed E-state index contributed by atoms with van der Waals surface area (Å²) in [6, 6.07) is 0. The van der Waals surface area contributed by atoms with Gasteiger partial charge in [0.25, 0.3) is 0 Å². The van der Waals surface area contributed by atoms with E-state index in [1.807, 2.05) is 0 Å². The van der Waals surface area contributed by atoms with Crippen molar-refractivity contribution in [3.63, 3.8) is 0 Å². The van der Waals surface area contributed by atoms with Gasteiger partial charge in [-0.2, -0.15) is 0 Å². The Morgan fingerprint density at radius 2 is 1.20 bits per heavy atom. The maximum Gasteiger partial charge on any atom is 0.303 e. The molecule has 0 aliphatic carbocycles. The van der Waals surface area contributed by atoms with Crippen molar-refractivity contribution in [2.45, 2.75) is 137 Å². The van der Waals surface area contributed by atoms with Crippen LogP contribution in [0.5, 0.6) is 0 Å². The molecule has 10 N–H and O–H groups in total. The highest BCUT2D eigenvalue weighted by molar-refractivity contribution is 5.66. The predicted octanol–water partition coefficient (Wildman–Crippen LogP) is -6.48. The SMILES string of the molecule is CC(=O)O[C@@H]1[C@H](O)[C@@H](O[C@@H]2O[C@@H](C)[C@H](O[C@@H]3OC[C@@H](O[C@@H]4O[C@H](CO)[C@H](O)[C@H](O)[C@H]4O)[C@H](O)[C@H]3O)[C@@H](O)[C@H]2O)[C@H](O)O[C@@H]1C. The van der Waals surface area contributed by atoms with Gasteiger partial charge < -0.3 is 89.0 Å². The van der Waals surface area contributed by atoms with Crippen molar-refractivity contribution < 1.29 is 93.8 Å². The van der Waals surface area contributed by atoms with E-state index in [4.69, 9.17) is 37.9 Å². The monoisotopic (exact) mass is 646 g/mol. The lowest BCUT2D eigenvalue weighted by atomic mass is 9.97. The van der Waals surface area contributed by atoms with E-state index in [-0.39, 0.29) is 0 Å². The maximum absolute atomic E-state index is 11.4. The first-order valence-electron chi connectivity index (χ1n) is 14.1. The standard InChI is InChI=1S/C25H42O19/c1-6-20(40-8(3)27)18(35)21(22(36)38-6)44-24-17(34)14(31)19(7(2)39-24)43-23-15(32)12(29)10(5-37-23)42-25-16(33)13(30)11(28)9(4-26)41-25/h6-7,9-26,28-36H,4-5H2,1-3H3/t6-,7+,9-,10-,11+,12+,13+,14+,15-,16-,17-,18+,19+,20+,21-,22-,23+,24+,25+/m1/s1. The number of hydrogen-bond donors (Lipinski definition) is 10. The molecule has 44 heavy (non-hydrogen) atoms. The summed E-state index contributed by atoms with van der Waals surface area (Å²) in [5, 5.41) is 103. The van der Waals surface area contributed by atoms with Gasteiger partial charge in [0.1, 0.15) is 73.2 Å². The van der Waals surface area contributed by atoms with Crippen molar-refractivity contribution in [1.82, 2.24) is 0 Å². The molecule has 0 spiro atoms. The lowest BCUT2D eigenvalue weighted by Crippen LogP contribution is -2.65.